The first-order chi connectivity index (χ1) is 9.70. The zero-order chi connectivity index (χ0) is 15.1. The maximum atomic E-state index is 11.4. The molecule has 5 heteroatoms. The number of hydrogen-bond acceptors (Lipinski definition) is 4. The fourth-order valence-electron chi connectivity index (χ4n) is 2.04. The molecule has 0 radical (unpaired) electrons. The number of hydrogen-bond donors (Lipinski definition) is 1. The maximum absolute atomic E-state index is 11.4. The first-order valence-corrected chi connectivity index (χ1v) is 8.08. The number of ether oxygens (including phenoxy) is 1. The second-order valence-electron chi connectivity index (χ2n) is 5.28. The van der Waals surface area contributed by atoms with Crippen molar-refractivity contribution >= 4 is 11.9 Å². The number of carbonyl (C=O) groups excluding carboxylic acids is 2. The summed E-state index contributed by atoms with van der Waals surface area (Å²) in [5.41, 5.74) is 0. The third-order valence-electron chi connectivity index (χ3n) is 3.29. The van der Waals surface area contributed by atoms with Gasteiger partial charge in [0.2, 0.25) is 0 Å². The molecule has 0 saturated carbocycles. The van der Waals surface area contributed by atoms with Crippen LogP contribution in [-0.4, -0.2) is 25.5 Å². The van der Waals surface area contributed by atoms with Crippen LogP contribution in [0.3, 0.4) is 0 Å². The molecule has 0 amide bonds. The molecule has 0 aliphatic carbocycles. The monoisotopic (exact) mass is 325 g/mol. The number of unbranched alkanes of at least 4 members (excludes halogenated alkanes) is 8. The number of rotatable bonds is 13. The predicted molar refractivity (Wildman–Crippen MR) is 82.6 cm³/mol. The normalized spacial score (nSPS) is 10.0. The van der Waals surface area contributed by atoms with E-state index in [9.17, 15) is 9.59 Å². The van der Waals surface area contributed by atoms with Crippen LogP contribution in [0.15, 0.2) is 0 Å². The average Bonchev–Trinajstić information content (AvgIpc) is 2.43. The van der Waals surface area contributed by atoms with Crippen molar-refractivity contribution in [3.8, 4) is 0 Å². The van der Waals surface area contributed by atoms with Crippen LogP contribution in [0, 0.1) is 0 Å². The van der Waals surface area contributed by atoms with Crippen molar-refractivity contribution in [3.63, 3.8) is 0 Å². The molecule has 120 valence electrons. The van der Waals surface area contributed by atoms with E-state index in [-0.39, 0.29) is 65.2 Å². The molecule has 0 aromatic heterocycles. The summed E-state index contributed by atoms with van der Waals surface area (Å²) in [4.78, 5) is 22.5. The van der Waals surface area contributed by atoms with Crippen LogP contribution in [0.4, 0.5) is 0 Å². The van der Waals surface area contributed by atoms with Crippen molar-refractivity contribution in [2.45, 2.75) is 77.6 Å². The molecule has 1 N–H and O–H groups in total. The van der Waals surface area contributed by atoms with Crippen LogP contribution in [-0.2, 0) is 14.3 Å². The molecule has 0 atom stereocenters. The molecule has 0 heterocycles. The summed E-state index contributed by atoms with van der Waals surface area (Å²) in [7, 11) is 1.76. The Morgan fingerprint density at radius 1 is 0.857 bits per heavy atom. The minimum absolute atomic E-state index is 0. The maximum Gasteiger partial charge on any atom is 1.00 e. The van der Waals surface area contributed by atoms with Gasteiger partial charge in [-0.1, -0.05) is 58.3 Å². The zero-order valence-corrected chi connectivity index (χ0v) is 17.3. The average molecular weight is 326 g/mol. The van der Waals surface area contributed by atoms with Crippen LogP contribution in [0.1, 0.15) is 79.0 Å². The van der Waals surface area contributed by atoms with Gasteiger partial charge in [-0.15, -0.1) is 0 Å². The fraction of sp³-hybridized carbons (Fsp3) is 0.875. The van der Waals surface area contributed by atoms with Crippen LogP contribution in [0.25, 0.3) is 0 Å². The standard InChI is InChI=1S/C16H31NO3.K.H/c1-3-4-5-6-7-8-9-10-11-12-15(18)20-16(19)13-14-17-2;;/h17H,3-14H2,1-2H3;;/q;+1;-1. The summed E-state index contributed by atoms with van der Waals surface area (Å²) < 4.78 is 4.71. The van der Waals surface area contributed by atoms with Gasteiger partial charge in [-0.25, -0.2) is 0 Å². The molecule has 0 bridgehead atoms. The summed E-state index contributed by atoms with van der Waals surface area (Å²) >= 11 is 0. The van der Waals surface area contributed by atoms with Crippen molar-refractivity contribution in [2.75, 3.05) is 13.6 Å². The van der Waals surface area contributed by atoms with E-state index in [1.165, 1.54) is 44.9 Å². The summed E-state index contributed by atoms with van der Waals surface area (Å²) in [6.45, 7) is 2.77. The van der Waals surface area contributed by atoms with Gasteiger partial charge in [-0.3, -0.25) is 9.59 Å². The Bertz CT molecular complexity index is 266. The van der Waals surface area contributed by atoms with Gasteiger partial charge >= 0.3 is 63.3 Å². The zero-order valence-electron chi connectivity index (χ0n) is 15.2. The van der Waals surface area contributed by atoms with E-state index < -0.39 is 5.97 Å². The Balaban J connectivity index is -0.00000180. The molecule has 4 nitrogen and oxygen atoms in total. The molecular formula is C16H32KNO3. The van der Waals surface area contributed by atoms with Gasteiger partial charge < -0.3 is 11.5 Å². The van der Waals surface area contributed by atoms with E-state index in [0.29, 0.717) is 13.0 Å². The molecular weight excluding hydrogens is 293 g/mol. The minimum atomic E-state index is -0.430. The van der Waals surface area contributed by atoms with E-state index >= 15 is 0 Å². The molecule has 0 spiro atoms. The van der Waals surface area contributed by atoms with Gasteiger partial charge in [0.15, 0.2) is 0 Å². The Kier molecular flexibility index (Phi) is 21.5. The molecule has 0 aromatic carbocycles. The first-order valence-electron chi connectivity index (χ1n) is 8.08. The first kappa shape index (κ1) is 24.0. The van der Waals surface area contributed by atoms with Gasteiger partial charge in [0.05, 0.1) is 6.42 Å². The van der Waals surface area contributed by atoms with Gasteiger partial charge in [0.1, 0.15) is 0 Å². The van der Waals surface area contributed by atoms with E-state index in [0.717, 1.165) is 12.8 Å². The van der Waals surface area contributed by atoms with E-state index in [2.05, 4.69) is 12.2 Å². The largest absolute Gasteiger partial charge is 1.00 e. The topological polar surface area (TPSA) is 55.4 Å². The molecule has 0 fully saturated rings. The Labute approximate surface area is 174 Å². The summed E-state index contributed by atoms with van der Waals surface area (Å²) in [6, 6.07) is 0. The number of carbonyl (C=O) groups is 2. The third-order valence-corrected chi connectivity index (χ3v) is 3.29. The van der Waals surface area contributed by atoms with Gasteiger partial charge in [0, 0.05) is 13.0 Å². The minimum Gasteiger partial charge on any atom is -1.00 e. The SMILES string of the molecule is CCCCCCCCCCCC(=O)OC(=O)CCNC.[H-].[K+]. The molecule has 0 aliphatic heterocycles. The molecule has 0 rings (SSSR count). The summed E-state index contributed by atoms with van der Waals surface area (Å²) in [5, 5.41) is 2.84. The van der Waals surface area contributed by atoms with Crippen molar-refractivity contribution < 1.29 is 67.1 Å². The van der Waals surface area contributed by atoms with Crippen molar-refractivity contribution in [1.82, 2.24) is 5.32 Å². The molecule has 0 saturated heterocycles. The van der Waals surface area contributed by atoms with E-state index in [1.807, 2.05) is 0 Å². The van der Waals surface area contributed by atoms with Crippen molar-refractivity contribution in [2.24, 2.45) is 0 Å². The van der Waals surface area contributed by atoms with Gasteiger partial charge in [-0.2, -0.15) is 0 Å². The number of nitrogens with one attached hydrogen (secondary N) is 1. The van der Waals surface area contributed by atoms with Crippen molar-refractivity contribution in [1.29, 1.82) is 0 Å². The van der Waals surface area contributed by atoms with Crippen LogP contribution in [0.5, 0.6) is 0 Å². The second kappa shape index (κ2) is 18.8. The summed E-state index contributed by atoms with van der Waals surface area (Å²) in [5.74, 6) is -0.811. The van der Waals surface area contributed by atoms with Crippen LogP contribution < -0.4 is 56.7 Å². The van der Waals surface area contributed by atoms with Gasteiger partial charge in [-0.05, 0) is 13.5 Å². The van der Waals surface area contributed by atoms with E-state index in [4.69, 9.17) is 4.74 Å². The molecule has 0 unspecified atom stereocenters. The smallest absolute Gasteiger partial charge is 1.00 e. The molecule has 0 aromatic rings. The second-order valence-corrected chi connectivity index (χ2v) is 5.28. The number of esters is 2. The predicted octanol–water partition coefficient (Wildman–Crippen LogP) is 0.703. The fourth-order valence-corrected chi connectivity index (χ4v) is 2.04. The van der Waals surface area contributed by atoms with Crippen molar-refractivity contribution in [3.05, 3.63) is 0 Å². The molecule has 21 heavy (non-hydrogen) atoms. The Morgan fingerprint density at radius 2 is 1.33 bits per heavy atom. The van der Waals surface area contributed by atoms with E-state index in [1.54, 1.807) is 7.05 Å². The Morgan fingerprint density at radius 3 is 1.86 bits per heavy atom. The molecule has 0 aliphatic rings. The quantitative estimate of drug-likeness (QED) is 0.234. The Hall–Kier alpha value is 0.736. The van der Waals surface area contributed by atoms with Gasteiger partial charge in [0.25, 0.3) is 0 Å². The summed E-state index contributed by atoms with van der Waals surface area (Å²) in [6.07, 6.45) is 11.5. The van der Waals surface area contributed by atoms with Crippen LogP contribution in [0.2, 0.25) is 0 Å². The van der Waals surface area contributed by atoms with Crippen LogP contribution >= 0.6 is 0 Å². The third kappa shape index (κ3) is 18.7.